The Bertz CT molecular complexity index is 315. The Morgan fingerprint density at radius 1 is 0.900 bits per heavy atom. The summed E-state index contributed by atoms with van der Waals surface area (Å²) in [6, 6.07) is -0.232. The molecule has 2 atom stereocenters. The van der Waals surface area contributed by atoms with Crippen molar-refractivity contribution < 1.29 is 38.4 Å². The maximum Gasteiger partial charge on any atom is 0.367 e. The first-order valence-corrected chi connectivity index (χ1v) is 5.88. The fourth-order valence-corrected chi connectivity index (χ4v) is 1.82. The highest BCUT2D eigenvalue weighted by Gasteiger charge is 2.57. The molecule has 0 aliphatic rings. The number of hydroxylamine groups is 3. The van der Waals surface area contributed by atoms with Crippen LogP contribution in [0.25, 0.3) is 0 Å². The average molecular weight is 293 g/mol. The van der Waals surface area contributed by atoms with Gasteiger partial charge in [-0.25, -0.2) is 19.3 Å². The van der Waals surface area contributed by atoms with E-state index in [2.05, 4.69) is 0 Å². The van der Waals surface area contributed by atoms with Gasteiger partial charge >= 0.3 is 25.6 Å². The van der Waals surface area contributed by atoms with Crippen molar-refractivity contribution in [3.63, 3.8) is 0 Å². The Balaban J connectivity index is 5.79. The maximum atomic E-state index is 10.7. The molecule has 0 amide bonds. The Labute approximate surface area is 118 Å². The molecule has 9 nitrogen and oxygen atoms in total. The van der Waals surface area contributed by atoms with Crippen molar-refractivity contribution in [2.45, 2.75) is 19.1 Å². The number of rotatable bonds is 10. The van der Waals surface area contributed by atoms with E-state index in [1.807, 2.05) is 28.1 Å². The predicted molar refractivity (Wildman–Crippen MR) is 66.7 cm³/mol. The number of quaternary nitrogens is 2. The molecule has 0 aliphatic heterocycles. The number of likely N-dealkylation sites (N-methyl/N-ethyl adjacent to an activating group) is 2. The van der Waals surface area contributed by atoms with Gasteiger partial charge in [0.05, 0.1) is 21.1 Å². The predicted octanol–water partition coefficient (Wildman–Crippen LogP) is -0.950. The Morgan fingerprint density at radius 3 is 1.45 bits per heavy atom. The summed E-state index contributed by atoms with van der Waals surface area (Å²) in [6.45, 7) is 1.98. The van der Waals surface area contributed by atoms with E-state index in [1.165, 1.54) is 0 Å². The fraction of sp³-hybridized carbons (Fsp3) is 0.727. The van der Waals surface area contributed by atoms with Gasteiger partial charge in [0, 0.05) is 0 Å². The van der Waals surface area contributed by atoms with Gasteiger partial charge in [-0.2, -0.15) is 14.5 Å². The molecule has 0 fully saturated rings. The number of carbonyl (C=O) groups is 3. The summed E-state index contributed by atoms with van der Waals surface area (Å²) >= 11 is 0. The normalized spacial score (nSPS) is 15.2. The summed E-state index contributed by atoms with van der Waals surface area (Å²) < 4.78 is 0.440. The smallest absolute Gasteiger partial charge is 0.322 e. The summed E-state index contributed by atoms with van der Waals surface area (Å²) in [5, 5.41) is 0. The molecular weight excluding hydrogens is 270 g/mol. The molecule has 116 valence electrons. The second-order valence-corrected chi connectivity index (χ2v) is 5.38. The van der Waals surface area contributed by atoms with Crippen LogP contribution >= 0.6 is 0 Å². The van der Waals surface area contributed by atoms with Crippen molar-refractivity contribution >= 4 is 19.4 Å². The van der Waals surface area contributed by atoms with E-state index in [4.69, 9.17) is 14.5 Å². The maximum absolute atomic E-state index is 10.7. The van der Waals surface area contributed by atoms with Crippen LogP contribution in [-0.4, -0.2) is 81.2 Å². The van der Waals surface area contributed by atoms with E-state index in [0.29, 0.717) is 4.48 Å². The summed E-state index contributed by atoms with van der Waals surface area (Å²) in [6.07, 6.45) is -0.768. The number of hydrogen-bond acceptors (Lipinski definition) is 7. The molecule has 0 spiro atoms. The van der Waals surface area contributed by atoms with E-state index >= 15 is 0 Å². The number of carbonyl (C=O) groups excluding carboxylic acids is 3. The highest BCUT2D eigenvalue weighted by molar-refractivity contribution is 5.38. The van der Waals surface area contributed by atoms with Crippen LogP contribution in [0, 0.1) is 0 Å². The van der Waals surface area contributed by atoms with Crippen molar-refractivity contribution in [3.8, 4) is 0 Å². The minimum absolute atomic E-state index is 0.0475. The lowest BCUT2D eigenvalue weighted by atomic mass is 10.2. The third kappa shape index (κ3) is 4.15. The molecule has 0 radical (unpaired) electrons. The van der Waals surface area contributed by atoms with Crippen LogP contribution in [0.2, 0.25) is 0 Å². The minimum Gasteiger partial charge on any atom is -0.322 e. The molecule has 20 heavy (non-hydrogen) atoms. The van der Waals surface area contributed by atoms with Crippen LogP contribution in [0.3, 0.4) is 0 Å². The standard InChI is InChI=1S/C11H23N3O6/c1-10(13(4,5)6)11(12(2)3)14(18-7-15,19-8-16)20-9-17/h7-11H,1-6H3/q+2. The molecule has 0 saturated carbocycles. The lowest BCUT2D eigenvalue weighted by molar-refractivity contribution is -1.36. The molecule has 0 aliphatic carbocycles. The monoisotopic (exact) mass is 293 g/mol. The molecule has 0 aromatic carbocycles. The number of nitrogens with zero attached hydrogens (tertiary/aromatic N) is 3. The average Bonchev–Trinajstić information content (AvgIpc) is 2.28. The molecule has 0 heterocycles. The first kappa shape index (κ1) is 18.3. The Morgan fingerprint density at radius 2 is 1.25 bits per heavy atom. The summed E-state index contributed by atoms with van der Waals surface area (Å²) in [4.78, 5) is 46.7. The Kier molecular flexibility index (Phi) is 6.56. The summed E-state index contributed by atoms with van der Waals surface area (Å²) in [5.41, 5.74) is 0. The van der Waals surface area contributed by atoms with Gasteiger partial charge in [-0.3, -0.25) is 0 Å². The van der Waals surface area contributed by atoms with Crippen LogP contribution in [0.1, 0.15) is 6.92 Å². The van der Waals surface area contributed by atoms with Crippen molar-refractivity contribution in [3.05, 3.63) is 0 Å². The third-order valence-electron chi connectivity index (χ3n) is 3.08. The van der Waals surface area contributed by atoms with Crippen LogP contribution in [0.15, 0.2) is 0 Å². The zero-order valence-electron chi connectivity index (χ0n) is 12.7. The molecule has 0 bridgehead atoms. The first-order chi connectivity index (χ1) is 9.16. The largest absolute Gasteiger partial charge is 0.367 e. The summed E-state index contributed by atoms with van der Waals surface area (Å²) in [7, 11) is 9.07. The number of hydrogen-bond donors (Lipinski definition) is 0. The van der Waals surface area contributed by atoms with E-state index < -0.39 is 11.1 Å². The van der Waals surface area contributed by atoms with Crippen molar-refractivity contribution in [2.24, 2.45) is 0 Å². The lowest BCUT2D eigenvalue weighted by Crippen LogP contribution is -2.68. The van der Waals surface area contributed by atoms with Gasteiger partial charge in [-0.05, 0) is 21.0 Å². The van der Waals surface area contributed by atoms with Gasteiger partial charge in [-0.15, -0.1) is 0 Å². The topological polar surface area (TPSA) is 82.1 Å². The van der Waals surface area contributed by atoms with Crippen molar-refractivity contribution in [1.29, 1.82) is 0 Å². The van der Waals surface area contributed by atoms with Gasteiger partial charge in [0.1, 0.15) is 0 Å². The van der Waals surface area contributed by atoms with E-state index in [0.717, 1.165) is 0 Å². The van der Waals surface area contributed by atoms with E-state index in [1.54, 1.807) is 19.0 Å². The van der Waals surface area contributed by atoms with Crippen LogP contribution in [0.4, 0.5) is 0 Å². The highest BCUT2D eigenvalue weighted by atomic mass is 17.2. The van der Waals surface area contributed by atoms with Gasteiger partial charge in [-0.1, -0.05) is 0 Å². The third-order valence-corrected chi connectivity index (χ3v) is 3.08. The first-order valence-electron chi connectivity index (χ1n) is 5.88. The zero-order valence-corrected chi connectivity index (χ0v) is 12.7. The van der Waals surface area contributed by atoms with E-state index in [9.17, 15) is 14.4 Å². The molecule has 9 heteroatoms. The van der Waals surface area contributed by atoms with Crippen LogP contribution in [-0.2, 0) is 28.9 Å². The van der Waals surface area contributed by atoms with Gasteiger partial charge in [0.25, 0.3) is 0 Å². The van der Waals surface area contributed by atoms with Gasteiger partial charge < -0.3 is 4.48 Å². The van der Waals surface area contributed by atoms with Gasteiger partial charge in [0.15, 0.2) is 6.04 Å². The summed E-state index contributed by atoms with van der Waals surface area (Å²) in [5.74, 6) is 0. The van der Waals surface area contributed by atoms with Crippen molar-refractivity contribution in [2.75, 3.05) is 35.2 Å². The molecule has 0 rings (SSSR count). The second-order valence-electron chi connectivity index (χ2n) is 5.38. The molecule has 2 unspecified atom stereocenters. The molecule has 0 saturated heterocycles. The van der Waals surface area contributed by atoms with Crippen molar-refractivity contribution in [1.82, 2.24) is 4.90 Å². The molecule has 0 N–H and O–H groups in total. The Hall–Kier alpha value is -1.71. The SMILES string of the molecule is CC(C(N(C)C)[N+](OC=O)(OC=O)OC=O)[N+](C)(C)C. The fourth-order valence-electron chi connectivity index (χ4n) is 1.82. The van der Waals surface area contributed by atoms with Crippen LogP contribution < -0.4 is 0 Å². The van der Waals surface area contributed by atoms with Gasteiger partial charge in [0.2, 0.25) is 4.97 Å². The van der Waals surface area contributed by atoms with E-state index in [-0.39, 0.29) is 25.5 Å². The molecule has 0 aromatic rings. The highest BCUT2D eigenvalue weighted by Crippen LogP contribution is 2.24. The minimum atomic E-state index is -1.35. The van der Waals surface area contributed by atoms with Crippen LogP contribution in [0.5, 0.6) is 0 Å². The lowest BCUT2D eigenvalue weighted by Gasteiger charge is -2.41. The second kappa shape index (κ2) is 7.17. The molecular formula is C11H23N3O6+2. The quantitative estimate of drug-likeness (QED) is 0.222. The molecule has 0 aromatic heterocycles. The zero-order chi connectivity index (χ0) is 16.0.